The third-order valence-electron chi connectivity index (χ3n) is 7.17. The highest BCUT2D eigenvalue weighted by Gasteiger charge is 2.32. The molecule has 33 heavy (non-hydrogen) atoms. The van der Waals surface area contributed by atoms with Gasteiger partial charge in [0.25, 0.3) is 0 Å². The van der Waals surface area contributed by atoms with Crippen LogP contribution in [0.25, 0.3) is 10.8 Å². The van der Waals surface area contributed by atoms with Crippen molar-refractivity contribution < 1.29 is 4.79 Å². The second-order valence-electron chi connectivity index (χ2n) is 9.33. The Labute approximate surface area is 197 Å². The summed E-state index contributed by atoms with van der Waals surface area (Å²) in [6, 6.07) is 19.3. The number of aryl methyl sites for hydroxylation is 1. The predicted molar refractivity (Wildman–Crippen MR) is 136 cm³/mol. The minimum absolute atomic E-state index is 0.256. The summed E-state index contributed by atoms with van der Waals surface area (Å²) >= 11 is 0. The molecule has 2 aliphatic rings. The van der Waals surface area contributed by atoms with Gasteiger partial charge in [0.1, 0.15) is 5.82 Å². The molecule has 0 N–H and O–H groups in total. The third kappa shape index (κ3) is 4.60. The number of para-hydroxylation sites is 1. The average Bonchev–Trinajstić information content (AvgIpc) is 2.87. The van der Waals surface area contributed by atoms with Crippen molar-refractivity contribution in [1.29, 1.82) is 0 Å². The number of carbonyl (C=O) groups excluding carboxylic acids is 1. The van der Waals surface area contributed by atoms with Crippen LogP contribution in [0.1, 0.15) is 38.2 Å². The summed E-state index contributed by atoms with van der Waals surface area (Å²) in [5.41, 5.74) is 2.44. The lowest BCUT2D eigenvalue weighted by molar-refractivity contribution is -0.119. The van der Waals surface area contributed by atoms with Gasteiger partial charge in [-0.2, -0.15) is 0 Å². The molecule has 2 aromatic carbocycles. The van der Waals surface area contributed by atoms with Gasteiger partial charge in [0, 0.05) is 62.5 Å². The molecule has 3 heterocycles. The zero-order chi connectivity index (χ0) is 22.6. The maximum Gasteiger partial charge on any atom is 0.227 e. The highest BCUT2D eigenvalue weighted by molar-refractivity contribution is 5.95. The molecule has 2 aliphatic heterocycles. The number of fused-ring (bicyclic) bond motifs is 2. The van der Waals surface area contributed by atoms with Crippen molar-refractivity contribution in [2.75, 3.05) is 42.5 Å². The van der Waals surface area contributed by atoms with E-state index in [9.17, 15) is 4.79 Å². The lowest BCUT2D eigenvalue weighted by atomic mass is 9.94. The van der Waals surface area contributed by atoms with Crippen molar-refractivity contribution in [3.05, 3.63) is 66.4 Å². The lowest BCUT2D eigenvalue weighted by Crippen LogP contribution is -2.54. The lowest BCUT2D eigenvalue weighted by Gasteiger charge is -2.42. The van der Waals surface area contributed by atoms with Crippen LogP contribution in [0.2, 0.25) is 0 Å². The maximum absolute atomic E-state index is 13.2. The molecule has 1 fully saturated rings. The topological polar surface area (TPSA) is 39.7 Å². The number of hydrogen-bond donors (Lipinski definition) is 0. The van der Waals surface area contributed by atoms with Crippen LogP contribution >= 0.6 is 0 Å². The molecule has 5 nitrogen and oxygen atoms in total. The molecule has 1 aromatic heterocycles. The quantitative estimate of drug-likeness (QED) is 0.545. The van der Waals surface area contributed by atoms with Crippen LogP contribution in [0.4, 0.5) is 11.5 Å². The molecular formula is C28H34N4O. The number of amides is 1. The Morgan fingerprint density at radius 3 is 2.64 bits per heavy atom. The normalized spacial score (nSPS) is 19.0. The summed E-state index contributed by atoms with van der Waals surface area (Å²) in [6.07, 6.45) is 6.67. The summed E-state index contributed by atoms with van der Waals surface area (Å²) in [4.78, 5) is 25.0. The second kappa shape index (κ2) is 9.92. The van der Waals surface area contributed by atoms with E-state index in [1.807, 2.05) is 6.20 Å². The van der Waals surface area contributed by atoms with E-state index in [4.69, 9.17) is 4.98 Å². The molecule has 5 rings (SSSR count). The summed E-state index contributed by atoms with van der Waals surface area (Å²) in [5.74, 6) is 1.38. The Balaban J connectivity index is 1.28. The van der Waals surface area contributed by atoms with Crippen molar-refractivity contribution >= 4 is 28.2 Å². The van der Waals surface area contributed by atoms with E-state index in [2.05, 4.69) is 76.2 Å². The van der Waals surface area contributed by atoms with Gasteiger partial charge in [-0.05, 0) is 42.3 Å². The predicted octanol–water partition coefficient (Wildman–Crippen LogP) is 4.90. The fourth-order valence-electron chi connectivity index (χ4n) is 5.36. The van der Waals surface area contributed by atoms with Crippen molar-refractivity contribution in [2.45, 2.75) is 45.1 Å². The smallest absolute Gasteiger partial charge is 0.227 e. The largest absolute Gasteiger partial charge is 0.354 e. The standard InChI is InChI=1S/C28H34N4O/c1-2-3-12-27(33)32-24(14-13-23-9-5-7-11-26(23)32)21-30-17-19-31(20-18-30)28-25-10-6-4-8-22(25)15-16-29-28/h4-11,15-16,24H,2-3,12-14,17-21H2,1H3. The van der Waals surface area contributed by atoms with Gasteiger partial charge in [0.15, 0.2) is 0 Å². The summed E-state index contributed by atoms with van der Waals surface area (Å²) < 4.78 is 0. The fraction of sp³-hybridized carbons (Fsp3) is 0.429. The van der Waals surface area contributed by atoms with Crippen LogP contribution in [0.5, 0.6) is 0 Å². The molecular weight excluding hydrogens is 408 g/mol. The van der Waals surface area contributed by atoms with Crippen LogP contribution in [-0.2, 0) is 11.2 Å². The average molecular weight is 443 g/mol. The van der Waals surface area contributed by atoms with Gasteiger partial charge in [0.2, 0.25) is 5.91 Å². The minimum Gasteiger partial charge on any atom is -0.354 e. The van der Waals surface area contributed by atoms with Crippen molar-refractivity contribution in [2.24, 2.45) is 0 Å². The number of anilines is 2. The molecule has 1 atom stereocenters. The van der Waals surface area contributed by atoms with Gasteiger partial charge in [0.05, 0.1) is 0 Å². The van der Waals surface area contributed by atoms with E-state index in [1.165, 1.54) is 16.3 Å². The van der Waals surface area contributed by atoms with Crippen LogP contribution in [0.15, 0.2) is 60.8 Å². The van der Waals surface area contributed by atoms with E-state index in [1.54, 1.807) is 0 Å². The van der Waals surface area contributed by atoms with Gasteiger partial charge >= 0.3 is 0 Å². The highest BCUT2D eigenvalue weighted by Crippen LogP contribution is 2.32. The maximum atomic E-state index is 13.2. The number of carbonyl (C=O) groups is 1. The zero-order valence-corrected chi connectivity index (χ0v) is 19.6. The number of piperazine rings is 1. The molecule has 172 valence electrons. The van der Waals surface area contributed by atoms with Crippen LogP contribution in [0, 0.1) is 0 Å². The van der Waals surface area contributed by atoms with Crippen molar-refractivity contribution in [3.63, 3.8) is 0 Å². The second-order valence-corrected chi connectivity index (χ2v) is 9.33. The number of pyridine rings is 1. The number of nitrogens with zero attached hydrogens (tertiary/aromatic N) is 4. The van der Waals surface area contributed by atoms with Crippen molar-refractivity contribution in [3.8, 4) is 0 Å². The van der Waals surface area contributed by atoms with E-state index in [0.29, 0.717) is 6.42 Å². The first-order chi connectivity index (χ1) is 16.2. The van der Waals surface area contributed by atoms with Crippen LogP contribution in [0.3, 0.4) is 0 Å². The van der Waals surface area contributed by atoms with Crippen LogP contribution < -0.4 is 9.80 Å². The Hall–Kier alpha value is -2.92. The van der Waals surface area contributed by atoms with E-state index in [-0.39, 0.29) is 11.9 Å². The molecule has 0 saturated carbocycles. The van der Waals surface area contributed by atoms with E-state index < -0.39 is 0 Å². The van der Waals surface area contributed by atoms with Gasteiger partial charge in [-0.3, -0.25) is 9.69 Å². The first kappa shape index (κ1) is 21.9. The summed E-state index contributed by atoms with van der Waals surface area (Å²) in [5, 5.41) is 2.47. The summed E-state index contributed by atoms with van der Waals surface area (Å²) in [7, 11) is 0. The van der Waals surface area contributed by atoms with Crippen LogP contribution in [-0.4, -0.2) is 54.6 Å². The molecule has 0 bridgehead atoms. The molecule has 1 saturated heterocycles. The Bertz CT molecular complexity index is 1100. The number of rotatable bonds is 6. The van der Waals surface area contributed by atoms with E-state index in [0.717, 1.165) is 69.9 Å². The number of benzene rings is 2. The number of unbranched alkanes of at least 4 members (excludes halogenated alkanes) is 1. The Morgan fingerprint density at radius 1 is 1.00 bits per heavy atom. The van der Waals surface area contributed by atoms with Gasteiger partial charge < -0.3 is 9.80 Å². The van der Waals surface area contributed by atoms with Gasteiger partial charge in [-0.1, -0.05) is 55.8 Å². The zero-order valence-electron chi connectivity index (χ0n) is 19.6. The van der Waals surface area contributed by atoms with Crippen molar-refractivity contribution in [1.82, 2.24) is 9.88 Å². The Kier molecular flexibility index (Phi) is 6.58. The van der Waals surface area contributed by atoms with Gasteiger partial charge in [-0.25, -0.2) is 4.98 Å². The minimum atomic E-state index is 0.256. The SMILES string of the molecule is CCCCC(=O)N1c2ccccc2CCC1CN1CCN(c2nccc3ccccc23)CC1. The molecule has 3 aromatic rings. The third-order valence-corrected chi connectivity index (χ3v) is 7.17. The number of hydrogen-bond acceptors (Lipinski definition) is 4. The highest BCUT2D eigenvalue weighted by atomic mass is 16.2. The molecule has 1 unspecified atom stereocenters. The fourth-order valence-corrected chi connectivity index (χ4v) is 5.36. The number of aromatic nitrogens is 1. The Morgan fingerprint density at radius 2 is 1.79 bits per heavy atom. The molecule has 1 amide bonds. The first-order valence-corrected chi connectivity index (χ1v) is 12.5. The molecule has 0 radical (unpaired) electrons. The first-order valence-electron chi connectivity index (χ1n) is 12.5. The molecule has 0 spiro atoms. The molecule has 5 heteroatoms. The summed E-state index contributed by atoms with van der Waals surface area (Å²) in [6.45, 7) is 7.03. The molecule has 0 aliphatic carbocycles. The monoisotopic (exact) mass is 442 g/mol. The van der Waals surface area contributed by atoms with E-state index >= 15 is 0 Å². The van der Waals surface area contributed by atoms with Gasteiger partial charge in [-0.15, -0.1) is 0 Å².